The van der Waals surface area contributed by atoms with E-state index in [2.05, 4.69) is 15.0 Å². The number of thiol groups is 1. The van der Waals surface area contributed by atoms with Gasteiger partial charge in [0.2, 0.25) is 10.9 Å². The van der Waals surface area contributed by atoms with Gasteiger partial charge in [-0.15, -0.1) is 10.2 Å². The number of hydrogen-bond donors (Lipinski definition) is 3. The number of nitrogens with two attached hydrogens (primary N) is 1. The van der Waals surface area contributed by atoms with E-state index in [1.165, 1.54) is 12.1 Å². The van der Waals surface area contributed by atoms with Crippen LogP contribution < -0.4 is 10.5 Å². The van der Waals surface area contributed by atoms with Crippen molar-refractivity contribution in [3.8, 4) is 6.07 Å². The fraction of sp³-hybridized carbons (Fsp3) is 0. The predicted octanol–water partition coefficient (Wildman–Crippen LogP) is 2.49. The Morgan fingerprint density at radius 1 is 1.10 bits per heavy atom. The highest BCUT2D eigenvalue weighted by atomic mass is 32.2. The number of nitrogens with zero attached hydrogens (tertiary/aromatic N) is 3. The van der Waals surface area contributed by atoms with Gasteiger partial charge in [0, 0.05) is 5.69 Å². The Balaban J connectivity index is 2.39. The third-order valence-electron chi connectivity index (χ3n) is 2.52. The van der Waals surface area contributed by atoms with Crippen molar-refractivity contribution in [3.63, 3.8) is 0 Å². The van der Waals surface area contributed by atoms with Crippen LogP contribution >= 0.6 is 0 Å². The van der Waals surface area contributed by atoms with E-state index < -0.39 is 10.9 Å². The highest BCUT2D eigenvalue weighted by molar-refractivity contribution is 7.73. The van der Waals surface area contributed by atoms with E-state index in [1.807, 2.05) is 6.07 Å². The summed E-state index contributed by atoms with van der Waals surface area (Å²) >= 11 is 0. The molecule has 2 rings (SSSR count). The molecule has 0 heterocycles. The molecule has 0 atom stereocenters. The molecule has 0 aliphatic heterocycles. The maximum atomic E-state index is 10.8. The van der Waals surface area contributed by atoms with Gasteiger partial charge in [-0.1, -0.05) is 12.1 Å². The molecule has 7 nitrogen and oxygen atoms in total. The third-order valence-corrected chi connectivity index (χ3v) is 2.95. The van der Waals surface area contributed by atoms with Crippen molar-refractivity contribution in [2.75, 3.05) is 10.5 Å². The number of benzene rings is 2. The lowest BCUT2D eigenvalue weighted by molar-refractivity contribution is 0.619. The second-order valence-electron chi connectivity index (χ2n) is 3.97. The smallest absolute Gasteiger partial charge is 0.222 e. The van der Waals surface area contributed by atoms with Gasteiger partial charge in [-0.3, -0.25) is 4.72 Å². The minimum absolute atomic E-state index is 0.226. The van der Waals surface area contributed by atoms with Crippen LogP contribution in [0.2, 0.25) is 0 Å². The van der Waals surface area contributed by atoms with Gasteiger partial charge in [0.15, 0.2) is 0 Å². The van der Waals surface area contributed by atoms with Crippen molar-refractivity contribution < 1.29 is 8.42 Å². The number of azo groups is 1. The summed E-state index contributed by atoms with van der Waals surface area (Å²) in [5.41, 5.74) is 7.30. The predicted molar refractivity (Wildman–Crippen MR) is 80.1 cm³/mol. The van der Waals surface area contributed by atoms with Crippen LogP contribution in [0.1, 0.15) is 5.56 Å². The largest absolute Gasteiger partial charge is 0.399 e. The van der Waals surface area contributed by atoms with Crippen molar-refractivity contribution >= 4 is 33.6 Å². The van der Waals surface area contributed by atoms with Crippen LogP contribution in [0.5, 0.6) is 0 Å². The van der Waals surface area contributed by atoms with Gasteiger partial charge < -0.3 is 5.73 Å². The summed E-state index contributed by atoms with van der Waals surface area (Å²) in [7, 11) is -2.84. The standard InChI is InChI=1S/C13H11N5O2S/c14-8-9-3-1-2-4-11(9)16-17-12-6-5-10(15)7-13(12)18-21(19)20/h1-7,21H,15H2,(H,18,19,20)/b17-16+. The van der Waals surface area contributed by atoms with Gasteiger partial charge in [0.05, 0.1) is 11.3 Å². The molecule has 106 valence electrons. The minimum Gasteiger partial charge on any atom is -0.399 e. The van der Waals surface area contributed by atoms with E-state index in [9.17, 15) is 8.42 Å². The van der Waals surface area contributed by atoms with Gasteiger partial charge in [0.1, 0.15) is 17.4 Å². The fourth-order valence-electron chi connectivity index (χ4n) is 1.59. The lowest BCUT2D eigenvalue weighted by Crippen LogP contribution is -1.96. The normalized spacial score (nSPS) is 10.7. The summed E-state index contributed by atoms with van der Waals surface area (Å²) in [5.74, 6) is 0. The summed E-state index contributed by atoms with van der Waals surface area (Å²) in [6.07, 6.45) is 0. The molecule has 3 N–H and O–H groups in total. The van der Waals surface area contributed by atoms with E-state index >= 15 is 0 Å². The first-order chi connectivity index (χ1) is 10.1. The molecular weight excluding hydrogens is 290 g/mol. The van der Waals surface area contributed by atoms with E-state index in [-0.39, 0.29) is 5.69 Å². The highest BCUT2D eigenvalue weighted by Crippen LogP contribution is 2.29. The average Bonchev–Trinajstić information content (AvgIpc) is 2.46. The molecule has 0 saturated heterocycles. The van der Waals surface area contributed by atoms with Gasteiger partial charge in [-0.25, -0.2) is 8.42 Å². The van der Waals surface area contributed by atoms with E-state index in [0.717, 1.165) is 0 Å². The zero-order valence-electron chi connectivity index (χ0n) is 10.7. The first-order valence-corrected chi connectivity index (χ1v) is 6.99. The zero-order chi connectivity index (χ0) is 15.2. The van der Waals surface area contributed by atoms with Crippen molar-refractivity contribution in [1.29, 1.82) is 5.26 Å². The fourth-order valence-corrected chi connectivity index (χ4v) is 1.97. The van der Waals surface area contributed by atoms with Crippen LogP contribution in [0.4, 0.5) is 22.7 Å². The van der Waals surface area contributed by atoms with Crippen LogP contribution in [-0.2, 0) is 10.9 Å². The Morgan fingerprint density at radius 3 is 2.52 bits per heavy atom. The molecule has 0 spiro atoms. The van der Waals surface area contributed by atoms with Crippen LogP contribution in [-0.4, -0.2) is 8.42 Å². The molecule has 0 saturated carbocycles. The van der Waals surface area contributed by atoms with Gasteiger partial charge in [-0.2, -0.15) is 5.26 Å². The van der Waals surface area contributed by atoms with Crippen LogP contribution in [0.3, 0.4) is 0 Å². The first kappa shape index (κ1) is 14.5. The number of anilines is 2. The topological polar surface area (TPSA) is 121 Å². The van der Waals surface area contributed by atoms with Crippen LogP contribution in [0.15, 0.2) is 52.7 Å². The van der Waals surface area contributed by atoms with Crippen molar-refractivity contribution in [2.45, 2.75) is 0 Å². The van der Waals surface area contributed by atoms with Gasteiger partial charge >= 0.3 is 0 Å². The Kier molecular flexibility index (Phi) is 4.48. The first-order valence-electron chi connectivity index (χ1n) is 5.81. The average molecular weight is 301 g/mol. The monoisotopic (exact) mass is 301 g/mol. The minimum atomic E-state index is -2.84. The van der Waals surface area contributed by atoms with E-state index in [4.69, 9.17) is 11.0 Å². The Bertz CT molecular complexity index is 800. The molecular formula is C13H11N5O2S. The van der Waals surface area contributed by atoms with Crippen molar-refractivity contribution in [2.24, 2.45) is 10.2 Å². The molecule has 21 heavy (non-hydrogen) atoms. The summed E-state index contributed by atoms with van der Waals surface area (Å²) in [6, 6.07) is 13.3. The number of nitrogen functional groups attached to an aromatic ring is 1. The Hall–Kier alpha value is -2.92. The number of nitrogens with one attached hydrogen (secondary N) is 1. The quantitative estimate of drug-likeness (QED) is 0.456. The number of nitriles is 1. The lowest BCUT2D eigenvalue weighted by atomic mass is 10.2. The zero-order valence-corrected chi connectivity index (χ0v) is 11.6. The molecule has 0 radical (unpaired) electrons. The molecule has 0 bridgehead atoms. The number of rotatable bonds is 4. The molecule has 0 amide bonds. The van der Waals surface area contributed by atoms with E-state index in [1.54, 1.807) is 30.3 Å². The Morgan fingerprint density at radius 2 is 1.81 bits per heavy atom. The summed E-state index contributed by atoms with van der Waals surface area (Å²) in [5, 5.41) is 16.9. The SMILES string of the molecule is N#Cc1ccccc1/N=N/c1ccc(N)cc1N[SH](=O)=O. The van der Waals surface area contributed by atoms with Crippen LogP contribution in [0, 0.1) is 11.3 Å². The third kappa shape index (κ3) is 3.77. The Labute approximate surface area is 122 Å². The molecule has 8 heteroatoms. The molecule has 0 aliphatic carbocycles. The molecule has 0 unspecified atom stereocenters. The summed E-state index contributed by atoms with van der Waals surface area (Å²) in [6.45, 7) is 0. The molecule has 0 fully saturated rings. The second kappa shape index (κ2) is 6.49. The van der Waals surface area contributed by atoms with Gasteiger partial charge in [0.25, 0.3) is 0 Å². The van der Waals surface area contributed by atoms with Crippen molar-refractivity contribution in [1.82, 2.24) is 0 Å². The lowest BCUT2D eigenvalue weighted by Gasteiger charge is -2.04. The molecule has 0 aliphatic rings. The molecule has 0 aromatic heterocycles. The highest BCUT2D eigenvalue weighted by Gasteiger charge is 2.04. The molecule has 2 aromatic rings. The van der Waals surface area contributed by atoms with E-state index in [0.29, 0.717) is 22.6 Å². The maximum absolute atomic E-state index is 10.8. The summed E-state index contributed by atoms with van der Waals surface area (Å²) < 4.78 is 23.8. The van der Waals surface area contributed by atoms with Gasteiger partial charge in [-0.05, 0) is 30.3 Å². The maximum Gasteiger partial charge on any atom is 0.222 e. The van der Waals surface area contributed by atoms with Crippen molar-refractivity contribution in [3.05, 3.63) is 48.0 Å². The van der Waals surface area contributed by atoms with Crippen LogP contribution in [0.25, 0.3) is 0 Å². The second-order valence-corrected chi connectivity index (χ2v) is 4.71. The number of hydrogen-bond acceptors (Lipinski definition) is 6. The molecule has 2 aromatic carbocycles. The summed E-state index contributed by atoms with van der Waals surface area (Å²) in [4.78, 5) is 0.